The van der Waals surface area contributed by atoms with Gasteiger partial charge in [0.05, 0.1) is 31.2 Å². The minimum atomic E-state index is -0.615. The van der Waals surface area contributed by atoms with Gasteiger partial charge in [-0.3, -0.25) is 9.59 Å². The van der Waals surface area contributed by atoms with E-state index in [0.717, 1.165) is 31.6 Å². The third-order valence-corrected chi connectivity index (χ3v) is 5.63. The quantitative estimate of drug-likeness (QED) is 0.411. The number of nitrogens with zero attached hydrogens (tertiary/aromatic N) is 1. The molecule has 0 aliphatic carbocycles. The van der Waals surface area contributed by atoms with Crippen LogP contribution in [0.1, 0.15) is 37.4 Å². The highest BCUT2D eigenvalue weighted by Crippen LogP contribution is 2.39. The summed E-state index contributed by atoms with van der Waals surface area (Å²) in [6.07, 6.45) is 0.804. The predicted molar refractivity (Wildman–Crippen MR) is 113 cm³/mol. The Kier molecular flexibility index (Phi) is 6.83. The molecule has 152 valence electrons. The second-order valence-electron chi connectivity index (χ2n) is 7.33. The first-order valence-corrected chi connectivity index (χ1v) is 10.3. The number of nitrogens with one attached hydrogen (secondary N) is 1. The number of quaternary nitrogens is 1. The minimum Gasteiger partial charge on any atom is -0.507 e. The van der Waals surface area contributed by atoms with Gasteiger partial charge in [0.25, 0.3) is 11.7 Å². The van der Waals surface area contributed by atoms with E-state index in [1.54, 1.807) is 29.2 Å². The lowest BCUT2D eigenvalue weighted by molar-refractivity contribution is -0.896. The molecule has 1 aliphatic rings. The number of likely N-dealkylation sites (tertiary alicyclic amines) is 1. The van der Waals surface area contributed by atoms with Gasteiger partial charge in [-0.1, -0.05) is 60.7 Å². The number of aliphatic hydroxyl groups excluding tert-OH is 1. The van der Waals surface area contributed by atoms with Crippen LogP contribution in [0.5, 0.6) is 0 Å². The Labute approximate surface area is 172 Å². The highest BCUT2D eigenvalue weighted by molar-refractivity contribution is 6.46. The molecule has 0 unspecified atom stereocenters. The normalized spacial score (nSPS) is 18.6. The zero-order valence-electron chi connectivity index (χ0n) is 17.1. The first-order valence-electron chi connectivity index (χ1n) is 10.3. The Balaban J connectivity index is 1.98. The van der Waals surface area contributed by atoms with Crippen molar-refractivity contribution in [1.29, 1.82) is 0 Å². The van der Waals surface area contributed by atoms with Crippen molar-refractivity contribution in [1.82, 2.24) is 4.90 Å². The van der Waals surface area contributed by atoms with Crippen molar-refractivity contribution in [3.63, 3.8) is 0 Å². The molecule has 1 aliphatic heterocycles. The number of rotatable bonds is 8. The standard InChI is InChI=1S/C24H28N2O3/c1-3-25(4-2)16-11-17-26-21(18-12-7-5-8-13-18)20(23(28)24(26)29)22(27)19-14-9-6-10-15-19/h5-10,12-15,21,27H,3-4,11,16-17H2,1-2H3/p+1/t21-/m1/s1. The van der Waals surface area contributed by atoms with Gasteiger partial charge >= 0.3 is 0 Å². The molecule has 5 heteroatoms. The third-order valence-electron chi connectivity index (χ3n) is 5.63. The summed E-state index contributed by atoms with van der Waals surface area (Å²) in [4.78, 5) is 28.9. The Morgan fingerprint density at radius 2 is 1.55 bits per heavy atom. The second-order valence-corrected chi connectivity index (χ2v) is 7.33. The lowest BCUT2D eigenvalue weighted by Gasteiger charge is -2.26. The second kappa shape index (κ2) is 9.52. The fraction of sp³-hybridized carbons (Fsp3) is 0.333. The Morgan fingerprint density at radius 3 is 2.14 bits per heavy atom. The van der Waals surface area contributed by atoms with Gasteiger partial charge in [-0.25, -0.2) is 0 Å². The number of amides is 1. The van der Waals surface area contributed by atoms with Crippen LogP contribution in [0, 0.1) is 0 Å². The van der Waals surface area contributed by atoms with Gasteiger partial charge in [0.2, 0.25) is 0 Å². The fourth-order valence-corrected chi connectivity index (χ4v) is 3.95. The van der Waals surface area contributed by atoms with Crippen molar-refractivity contribution in [2.24, 2.45) is 0 Å². The van der Waals surface area contributed by atoms with Crippen LogP contribution < -0.4 is 4.90 Å². The van der Waals surface area contributed by atoms with Gasteiger partial charge in [0.1, 0.15) is 5.76 Å². The van der Waals surface area contributed by atoms with Crippen molar-refractivity contribution < 1.29 is 19.6 Å². The first kappa shape index (κ1) is 20.8. The average molecular weight is 394 g/mol. The van der Waals surface area contributed by atoms with E-state index in [0.29, 0.717) is 12.1 Å². The van der Waals surface area contributed by atoms with Gasteiger partial charge < -0.3 is 14.9 Å². The van der Waals surface area contributed by atoms with E-state index in [4.69, 9.17) is 0 Å². The van der Waals surface area contributed by atoms with E-state index in [2.05, 4.69) is 13.8 Å². The molecule has 1 fully saturated rings. The molecule has 29 heavy (non-hydrogen) atoms. The molecule has 0 saturated carbocycles. The highest BCUT2D eigenvalue weighted by Gasteiger charge is 2.45. The molecule has 2 N–H and O–H groups in total. The Bertz CT molecular complexity index is 874. The van der Waals surface area contributed by atoms with Crippen LogP contribution in [-0.2, 0) is 9.59 Å². The van der Waals surface area contributed by atoms with E-state index < -0.39 is 17.7 Å². The number of benzene rings is 2. The monoisotopic (exact) mass is 393 g/mol. The zero-order chi connectivity index (χ0) is 20.8. The van der Waals surface area contributed by atoms with Crippen molar-refractivity contribution >= 4 is 17.4 Å². The molecule has 2 aromatic carbocycles. The maximum absolute atomic E-state index is 12.9. The predicted octanol–water partition coefficient (Wildman–Crippen LogP) is 2.42. The van der Waals surface area contributed by atoms with E-state index in [-0.39, 0.29) is 11.3 Å². The number of carbonyl (C=O) groups excluding carboxylic acids is 2. The summed E-state index contributed by atoms with van der Waals surface area (Å²) < 4.78 is 0. The summed E-state index contributed by atoms with van der Waals surface area (Å²) in [5.41, 5.74) is 1.54. The molecule has 3 rings (SSSR count). The van der Waals surface area contributed by atoms with Crippen LogP contribution in [0.25, 0.3) is 5.76 Å². The minimum absolute atomic E-state index is 0.116. The number of carbonyl (C=O) groups is 2. The largest absolute Gasteiger partial charge is 0.507 e. The first-order chi connectivity index (χ1) is 14.1. The van der Waals surface area contributed by atoms with Gasteiger partial charge in [-0.2, -0.15) is 0 Å². The Hall–Kier alpha value is -2.92. The lowest BCUT2D eigenvalue weighted by atomic mass is 9.95. The molecule has 2 aromatic rings. The van der Waals surface area contributed by atoms with Crippen LogP contribution in [0.3, 0.4) is 0 Å². The lowest BCUT2D eigenvalue weighted by Crippen LogP contribution is -3.11. The molecule has 1 saturated heterocycles. The average Bonchev–Trinajstić information content (AvgIpc) is 3.02. The van der Waals surface area contributed by atoms with Gasteiger partial charge in [-0.05, 0) is 19.4 Å². The third kappa shape index (κ3) is 4.40. The highest BCUT2D eigenvalue weighted by atomic mass is 16.3. The molecule has 1 heterocycles. The molecule has 0 spiro atoms. The molecule has 1 amide bonds. The summed E-state index contributed by atoms with van der Waals surface area (Å²) in [5, 5.41) is 10.9. The zero-order valence-corrected chi connectivity index (χ0v) is 17.1. The van der Waals surface area contributed by atoms with Gasteiger partial charge in [0, 0.05) is 18.5 Å². The maximum Gasteiger partial charge on any atom is 0.295 e. The number of hydrogen-bond acceptors (Lipinski definition) is 3. The van der Waals surface area contributed by atoms with Crippen LogP contribution in [0.15, 0.2) is 66.2 Å². The van der Waals surface area contributed by atoms with Crippen LogP contribution in [0.2, 0.25) is 0 Å². The molecular weight excluding hydrogens is 364 g/mol. The molecule has 0 bridgehead atoms. The number of aliphatic hydroxyl groups is 1. The van der Waals surface area contributed by atoms with Crippen molar-refractivity contribution in [3.05, 3.63) is 77.4 Å². The fourth-order valence-electron chi connectivity index (χ4n) is 3.95. The van der Waals surface area contributed by atoms with E-state index in [1.807, 2.05) is 36.4 Å². The smallest absolute Gasteiger partial charge is 0.295 e. The van der Waals surface area contributed by atoms with Crippen molar-refractivity contribution in [2.75, 3.05) is 26.2 Å². The van der Waals surface area contributed by atoms with Crippen molar-refractivity contribution in [2.45, 2.75) is 26.3 Å². The van der Waals surface area contributed by atoms with E-state index >= 15 is 0 Å². The summed E-state index contributed by atoms with van der Waals surface area (Å²) in [6, 6.07) is 17.8. The van der Waals surface area contributed by atoms with E-state index in [9.17, 15) is 14.7 Å². The van der Waals surface area contributed by atoms with Crippen molar-refractivity contribution in [3.8, 4) is 0 Å². The topological polar surface area (TPSA) is 62.0 Å². The summed E-state index contributed by atoms with van der Waals surface area (Å²) in [5.74, 6) is -1.27. The van der Waals surface area contributed by atoms with Crippen LogP contribution >= 0.6 is 0 Å². The number of Topliss-reactive ketones (excluding diaryl/α,β-unsaturated/α-hetero) is 1. The van der Waals surface area contributed by atoms with Gasteiger partial charge in [0.15, 0.2) is 0 Å². The molecule has 1 atom stereocenters. The Morgan fingerprint density at radius 1 is 0.966 bits per heavy atom. The number of ketones is 1. The summed E-state index contributed by atoms with van der Waals surface area (Å²) >= 11 is 0. The maximum atomic E-state index is 12.9. The number of hydrogen-bond donors (Lipinski definition) is 2. The van der Waals surface area contributed by atoms with Crippen LogP contribution in [-0.4, -0.2) is 47.9 Å². The summed E-state index contributed by atoms with van der Waals surface area (Å²) in [6.45, 7) is 7.79. The van der Waals surface area contributed by atoms with Gasteiger partial charge in [-0.15, -0.1) is 0 Å². The molecule has 5 nitrogen and oxygen atoms in total. The summed E-state index contributed by atoms with van der Waals surface area (Å²) in [7, 11) is 0. The van der Waals surface area contributed by atoms with Crippen LogP contribution in [0.4, 0.5) is 0 Å². The SMILES string of the molecule is CC[NH+](CC)CCCN1C(=O)C(=O)C(=C(O)c2ccccc2)[C@H]1c1ccccc1. The molecule has 0 aromatic heterocycles. The molecule has 0 radical (unpaired) electrons. The molecular formula is C24H29N2O3+. The van der Waals surface area contributed by atoms with E-state index in [1.165, 1.54) is 4.90 Å².